The van der Waals surface area contributed by atoms with Gasteiger partial charge in [0.15, 0.2) is 0 Å². The Morgan fingerprint density at radius 3 is 2.79 bits per heavy atom. The van der Waals surface area contributed by atoms with Crippen LogP contribution in [0.2, 0.25) is 0 Å². The normalized spacial score (nSPS) is 17.6. The number of methoxy groups -OCH3 is 1. The number of fused-ring (bicyclic) bond motifs is 1. The van der Waals surface area contributed by atoms with Gasteiger partial charge in [-0.25, -0.2) is 0 Å². The van der Waals surface area contributed by atoms with Crippen molar-refractivity contribution in [2.45, 2.75) is 13.3 Å². The van der Waals surface area contributed by atoms with E-state index in [4.69, 9.17) is 4.74 Å². The fraction of sp³-hybridized carbons (Fsp3) is 0.308. The van der Waals surface area contributed by atoms with Gasteiger partial charge in [0.25, 0.3) is 0 Å². The first-order chi connectivity index (χ1) is 9.31. The van der Waals surface area contributed by atoms with Gasteiger partial charge in [-0.15, -0.1) is 0 Å². The number of hydrazone groups is 1. The SMILES string of the molecule is CCC1=NSC2=NCC(c3ccc(OC)cc3)=NN12. The van der Waals surface area contributed by atoms with Crippen molar-refractivity contribution < 1.29 is 4.74 Å². The van der Waals surface area contributed by atoms with Crippen LogP contribution in [0.4, 0.5) is 0 Å². The zero-order valence-electron chi connectivity index (χ0n) is 10.8. The molecular formula is C13H14N4OS. The summed E-state index contributed by atoms with van der Waals surface area (Å²) < 4.78 is 9.52. The Morgan fingerprint density at radius 1 is 1.32 bits per heavy atom. The number of benzene rings is 1. The first kappa shape index (κ1) is 12.2. The maximum absolute atomic E-state index is 5.16. The van der Waals surface area contributed by atoms with Gasteiger partial charge in [0.2, 0.25) is 5.17 Å². The predicted octanol–water partition coefficient (Wildman–Crippen LogP) is 2.54. The van der Waals surface area contributed by atoms with E-state index in [-0.39, 0.29) is 0 Å². The lowest BCUT2D eigenvalue weighted by Gasteiger charge is -2.19. The van der Waals surface area contributed by atoms with Gasteiger partial charge in [0, 0.05) is 6.42 Å². The number of ether oxygens (including phenoxy) is 1. The molecule has 3 rings (SSSR count). The summed E-state index contributed by atoms with van der Waals surface area (Å²) in [5.41, 5.74) is 2.02. The number of aliphatic imine (C=N–C) groups is 1. The molecule has 0 amide bonds. The molecule has 0 saturated carbocycles. The second kappa shape index (κ2) is 5.05. The first-order valence-corrected chi connectivity index (χ1v) is 6.89. The molecule has 0 saturated heterocycles. The Hall–Kier alpha value is -1.82. The molecule has 0 atom stereocenters. The average molecular weight is 274 g/mol. The van der Waals surface area contributed by atoms with E-state index in [1.54, 1.807) is 7.11 Å². The van der Waals surface area contributed by atoms with Crippen molar-refractivity contribution in [3.8, 4) is 5.75 Å². The standard InChI is InChI=1S/C13H14N4OS/c1-3-12-16-19-13-14-8-11(15-17(12)13)9-4-6-10(18-2)7-5-9/h4-7H,3,8H2,1-2H3. The molecule has 1 aromatic carbocycles. The van der Waals surface area contributed by atoms with Crippen LogP contribution in [0.5, 0.6) is 5.75 Å². The smallest absolute Gasteiger partial charge is 0.209 e. The van der Waals surface area contributed by atoms with Crippen LogP contribution in [0.3, 0.4) is 0 Å². The molecule has 0 spiro atoms. The highest BCUT2D eigenvalue weighted by Gasteiger charge is 2.27. The van der Waals surface area contributed by atoms with Gasteiger partial charge in [-0.2, -0.15) is 14.5 Å². The molecule has 0 bridgehead atoms. The van der Waals surface area contributed by atoms with E-state index in [2.05, 4.69) is 21.4 Å². The third-order valence-electron chi connectivity index (χ3n) is 2.98. The first-order valence-electron chi connectivity index (χ1n) is 6.12. The molecule has 2 heterocycles. The highest BCUT2D eigenvalue weighted by molar-refractivity contribution is 8.13. The lowest BCUT2D eigenvalue weighted by atomic mass is 10.1. The maximum atomic E-state index is 5.16. The van der Waals surface area contributed by atoms with E-state index in [0.29, 0.717) is 6.54 Å². The highest BCUT2D eigenvalue weighted by atomic mass is 32.2. The molecule has 2 aliphatic rings. The Morgan fingerprint density at radius 2 is 2.11 bits per heavy atom. The molecule has 6 heteroatoms. The number of amidine groups is 2. The molecule has 2 aliphatic heterocycles. The van der Waals surface area contributed by atoms with Crippen molar-refractivity contribution in [3.63, 3.8) is 0 Å². The van der Waals surface area contributed by atoms with Crippen LogP contribution in [0.15, 0.2) is 38.8 Å². The van der Waals surface area contributed by atoms with Crippen molar-refractivity contribution in [2.75, 3.05) is 13.7 Å². The zero-order valence-corrected chi connectivity index (χ0v) is 11.6. The number of rotatable bonds is 3. The maximum Gasteiger partial charge on any atom is 0.209 e. The fourth-order valence-corrected chi connectivity index (χ4v) is 2.66. The summed E-state index contributed by atoms with van der Waals surface area (Å²) in [7, 11) is 1.66. The largest absolute Gasteiger partial charge is 0.497 e. The van der Waals surface area contributed by atoms with Crippen molar-refractivity contribution in [1.29, 1.82) is 0 Å². The van der Waals surface area contributed by atoms with Gasteiger partial charge >= 0.3 is 0 Å². The number of hydrogen-bond acceptors (Lipinski definition) is 6. The van der Waals surface area contributed by atoms with Gasteiger partial charge in [-0.1, -0.05) is 6.92 Å². The van der Waals surface area contributed by atoms with Crippen LogP contribution >= 0.6 is 11.9 Å². The van der Waals surface area contributed by atoms with Gasteiger partial charge in [0.05, 0.1) is 31.3 Å². The minimum atomic E-state index is 0.595. The van der Waals surface area contributed by atoms with Crippen molar-refractivity contribution in [1.82, 2.24) is 5.01 Å². The molecule has 0 unspecified atom stereocenters. The number of nitrogens with zero attached hydrogens (tertiary/aromatic N) is 4. The van der Waals surface area contributed by atoms with E-state index < -0.39 is 0 Å². The fourth-order valence-electron chi connectivity index (χ4n) is 1.92. The van der Waals surface area contributed by atoms with Gasteiger partial charge in [-0.3, -0.25) is 4.99 Å². The van der Waals surface area contributed by atoms with E-state index in [1.165, 1.54) is 11.9 Å². The summed E-state index contributed by atoms with van der Waals surface area (Å²) in [6, 6.07) is 7.88. The van der Waals surface area contributed by atoms with Gasteiger partial charge in [0.1, 0.15) is 11.6 Å². The van der Waals surface area contributed by atoms with E-state index in [1.807, 2.05) is 29.3 Å². The van der Waals surface area contributed by atoms with Crippen molar-refractivity contribution in [2.24, 2.45) is 14.5 Å². The second-order valence-electron chi connectivity index (χ2n) is 4.14. The van der Waals surface area contributed by atoms with E-state index >= 15 is 0 Å². The summed E-state index contributed by atoms with van der Waals surface area (Å²) in [6.45, 7) is 2.66. The molecule has 0 fully saturated rings. The molecule has 1 aromatic rings. The van der Waals surface area contributed by atoms with Crippen LogP contribution in [0.25, 0.3) is 0 Å². The van der Waals surface area contributed by atoms with E-state index in [9.17, 15) is 0 Å². The molecular weight excluding hydrogens is 260 g/mol. The van der Waals surface area contributed by atoms with Crippen LogP contribution in [-0.2, 0) is 0 Å². The van der Waals surface area contributed by atoms with E-state index in [0.717, 1.165) is 34.4 Å². The Labute approximate surface area is 116 Å². The summed E-state index contributed by atoms with van der Waals surface area (Å²) in [5.74, 6) is 1.80. The van der Waals surface area contributed by atoms with Gasteiger partial charge in [-0.05, 0) is 29.8 Å². The Bertz CT molecular complexity index is 577. The summed E-state index contributed by atoms with van der Waals surface area (Å²) in [5, 5.41) is 7.36. The predicted molar refractivity (Wildman–Crippen MR) is 79.0 cm³/mol. The van der Waals surface area contributed by atoms with Crippen molar-refractivity contribution >= 4 is 28.7 Å². The third-order valence-corrected chi connectivity index (χ3v) is 3.75. The Balaban J connectivity index is 1.87. The molecule has 19 heavy (non-hydrogen) atoms. The van der Waals surface area contributed by atoms with Crippen molar-refractivity contribution in [3.05, 3.63) is 29.8 Å². The molecule has 0 radical (unpaired) electrons. The molecule has 0 N–H and O–H groups in total. The van der Waals surface area contributed by atoms with Crippen LogP contribution in [0, 0.1) is 0 Å². The van der Waals surface area contributed by atoms with Crippen LogP contribution < -0.4 is 4.74 Å². The highest BCUT2D eigenvalue weighted by Crippen LogP contribution is 2.25. The minimum absolute atomic E-state index is 0.595. The monoisotopic (exact) mass is 274 g/mol. The van der Waals surface area contributed by atoms with Crippen LogP contribution in [-0.4, -0.2) is 35.4 Å². The second-order valence-corrected chi connectivity index (χ2v) is 4.87. The van der Waals surface area contributed by atoms with Gasteiger partial charge < -0.3 is 4.74 Å². The summed E-state index contributed by atoms with van der Waals surface area (Å²) in [6.07, 6.45) is 0.853. The summed E-state index contributed by atoms with van der Waals surface area (Å²) in [4.78, 5) is 4.52. The van der Waals surface area contributed by atoms with Crippen LogP contribution in [0.1, 0.15) is 18.9 Å². The minimum Gasteiger partial charge on any atom is -0.497 e. The molecule has 0 aromatic heterocycles. The molecule has 98 valence electrons. The topological polar surface area (TPSA) is 49.6 Å². The number of hydrogen-bond donors (Lipinski definition) is 0. The lowest BCUT2D eigenvalue weighted by Crippen LogP contribution is -2.31. The third kappa shape index (κ3) is 2.23. The summed E-state index contributed by atoms with van der Waals surface area (Å²) >= 11 is 1.40. The molecule has 5 nitrogen and oxygen atoms in total. The average Bonchev–Trinajstić information content (AvgIpc) is 2.89. The quantitative estimate of drug-likeness (QED) is 0.796. The zero-order chi connectivity index (χ0) is 13.2. The molecule has 0 aliphatic carbocycles. The lowest BCUT2D eigenvalue weighted by molar-refractivity contribution is 0.415. The Kier molecular flexibility index (Phi) is 3.25.